The highest BCUT2D eigenvalue weighted by molar-refractivity contribution is 7.89. The van der Waals surface area contributed by atoms with Gasteiger partial charge in [-0.3, -0.25) is 4.79 Å². The maximum atomic E-state index is 13.1. The van der Waals surface area contributed by atoms with E-state index in [2.05, 4.69) is 10.1 Å². The maximum Gasteiger partial charge on any atom is 0.253 e. The Bertz CT molecular complexity index is 929. The topological polar surface area (TPSA) is 88.4 Å². The molecule has 1 aromatic carbocycles. The number of likely N-dealkylation sites (tertiary alicyclic amines) is 1. The summed E-state index contributed by atoms with van der Waals surface area (Å²) in [6.07, 6.45) is 8.75. The highest BCUT2D eigenvalue weighted by atomic mass is 32.2. The van der Waals surface area contributed by atoms with Gasteiger partial charge in [-0.15, -0.1) is 0 Å². The number of benzene rings is 1. The van der Waals surface area contributed by atoms with E-state index in [-0.39, 0.29) is 16.8 Å². The summed E-state index contributed by atoms with van der Waals surface area (Å²) in [5.41, 5.74) is 0.431. The Labute approximate surface area is 171 Å². The van der Waals surface area contributed by atoms with E-state index < -0.39 is 10.0 Å². The number of carbonyl (C=O) groups is 1. The Morgan fingerprint density at radius 3 is 2.38 bits per heavy atom. The zero-order chi connectivity index (χ0) is 20.3. The molecule has 2 aliphatic heterocycles. The monoisotopic (exact) mass is 417 g/mol. The highest BCUT2D eigenvalue weighted by Crippen LogP contribution is 2.24. The van der Waals surface area contributed by atoms with Crippen LogP contribution in [0.3, 0.4) is 0 Å². The number of rotatable bonds is 4. The summed E-state index contributed by atoms with van der Waals surface area (Å²) in [5.74, 6) is -0.116. The molecular weight excluding hydrogens is 390 g/mol. The quantitative estimate of drug-likeness (QED) is 0.762. The number of piperidine rings is 1. The van der Waals surface area contributed by atoms with E-state index in [1.54, 1.807) is 33.7 Å². The third-order valence-corrected chi connectivity index (χ3v) is 7.74. The van der Waals surface area contributed by atoms with Gasteiger partial charge >= 0.3 is 0 Å². The Balaban J connectivity index is 1.46. The summed E-state index contributed by atoms with van der Waals surface area (Å²) >= 11 is 0. The lowest BCUT2D eigenvalue weighted by atomic mass is 10.0. The van der Waals surface area contributed by atoms with Crippen LogP contribution in [0.5, 0.6) is 0 Å². The Hall–Kier alpha value is -2.26. The van der Waals surface area contributed by atoms with Gasteiger partial charge < -0.3 is 4.90 Å². The zero-order valence-corrected chi connectivity index (χ0v) is 17.3. The fraction of sp³-hybridized carbons (Fsp3) is 0.550. The lowest BCUT2D eigenvalue weighted by molar-refractivity contribution is 0.0689. The van der Waals surface area contributed by atoms with Gasteiger partial charge in [-0.05, 0) is 43.9 Å². The van der Waals surface area contributed by atoms with Gasteiger partial charge in [-0.1, -0.05) is 18.9 Å². The Morgan fingerprint density at radius 1 is 1.00 bits per heavy atom. The predicted octanol–water partition coefficient (Wildman–Crippen LogP) is 2.32. The van der Waals surface area contributed by atoms with Gasteiger partial charge in [0.2, 0.25) is 10.0 Å². The van der Waals surface area contributed by atoms with Crippen molar-refractivity contribution in [2.45, 2.75) is 49.5 Å². The molecule has 29 heavy (non-hydrogen) atoms. The summed E-state index contributed by atoms with van der Waals surface area (Å²) in [6, 6.07) is 6.74. The van der Waals surface area contributed by atoms with Crippen molar-refractivity contribution in [1.29, 1.82) is 0 Å². The molecule has 9 heteroatoms. The minimum Gasteiger partial charge on any atom is -0.338 e. The average Bonchev–Trinajstić information content (AvgIpc) is 3.15. The Morgan fingerprint density at radius 2 is 1.72 bits per heavy atom. The number of hydrogen-bond donors (Lipinski definition) is 0. The Kier molecular flexibility index (Phi) is 5.96. The molecule has 3 heterocycles. The lowest BCUT2D eigenvalue weighted by Gasteiger charge is -2.32. The minimum atomic E-state index is -3.57. The van der Waals surface area contributed by atoms with E-state index in [1.807, 2.05) is 4.68 Å². The van der Waals surface area contributed by atoms with Crippen LogP contribution in [-0.2, 0) is 10.0 Å². The number of sulfonamides is 1. The van der Waals surface area contributed by atoms with Crippen LogP contribution in [-0.4, -0.2) is 64.5 Å². The molecule has 0 spiro atoms. The van der Waals surface area contributed by atoms with Crippen molar-refractivity contribution in [2.24, 2.45) is 0 Å². The molecule has 2 saturated heterocycles. The van der Waals surface area contributed by atoms with Crippen molar-refractivity contribution < 1.29 is 13.2 Å². The molecule has 4 rings (SSSR count). The molecule has 2 aliphatic rings. The van der Waals surface area contributed by atoms with Crippen molar-refractivity contribution in [1.82, 2.24) is 24.0 Å². The van der Waals surface area contributed by atoms with E-state index >= 15 is 0 Å². The van der Waals surface area contributed by atoms with Crippen LogP contribution in [0.4, 0.5) is 0 Å². The van der Waals surface area contributed by atoms with Crippen molar-refractivity contribution >= 4 is 15.9 Å². The molecule has 2 aromatic rings. The number of aromatic nitrogens is 3. The number of nitrogens with zero attached hydrogens (tertiary/aromatic N) is 5. The molecule has 1 amide bonds. The van der Waals surface area contributed by atoms with Crippen LogP contribution < -0.4 is 0 Å². The fourth-order valence-corrected chi connectivity index (χ4v) is 5.71. The van der Waals surface area contributed by atoms with Gasteiger partial charge in [0, 0.05) is 31.7 Å². The molecule has 8 nitrogen and oxygen atoms in total. The largest absolute Gasteiger partial charge is 0.338 e. The molecule has 2 fully saturated rings. The summed E-state index contributed by atoms with van der Waals surface area (Å²) in [6.45, 7) is 2.34. The second-order valence-corrected chi connectivity index (χ2v) is 9.68. The van der Waals surface area contributed by atoms with Crippen LogP contribution >= 0.6 is 0 Å². The average molecular weight is 418 g/mol. The van der Waals surface area contributed by atoms with E-state index in [1.165, 1.54) is 12.4 Å². The summed E-state index contributed by atoms with van der Waals surface area (Å²) < 4.78 is 29.5. The zero-order valence-electron chi connectivity index (χ0n) is 16.5. The van der Waals surface area contributed by atoms with E-state index in [0.717, 1.165) is 38.5 Å². The number of hydrogen-bond acceptors (Lipinski definition) is 5. The number of carbonyl (C=O) groups excluding carboxylic acids is 1. The van der Waals surface area contributed by atoms with Crippen molar-refractivity contribution in [3.8, 4) is 0 Å². The standard InChI is InChI=1S/C20H27N5O3S/c26-20(23-12-8-18(9-13-23)25-16-21-15-22-25)17-6-5-7-19(14-17)29(27,28)24-10-3-1-2-4-11-24/h5-7,14-16,18H,1-4,8-13H2. The molecule has 0 aliphatic carbocycles. The van der Waals surface area contributed by atoms with Gasteiger partial charge in [0.25, 0.3) is 5.91 Å². The first-order chi connectivity index (χ1) is 14.1. The summed E-state index contributed by atoms with van der Waals surface area (Å²) in [5, 5.41) is 4.19. The SMILES string of the molecule is O=C(c1cccc(S(=O)(=O)N2CCCCCC2)c1)N1CCC(n2cncn2)CC1. The summed E-state index contributed by atoms with van der Waals surface area (Å²) in [4.78, 5) is 19.0. The third-order valence-electron chi connectivity index (χ3n) is 5.85. The fourth-order valence-electron chi connectivity index (χ4n) is 4.14. The van der Waals surface area contributed by atoms with Gasteiger partial charge in [0.15, 0.2) is 0 Å². The first-order valence-electron chi connectivity index (χ1n) is 10.3. The number of amides is 1. The summed E-state index contributed by atoms with van der Waals surface area (Å²) in [7, 11) is -3.57. The van der Waals surface area contributed by atoms with Gasteiger partial charge in [-0.25, -0.2) is 18.1 Å². The molecule has 0 saturated carbocycles. The third kappa shape index (κ3) is 4.35. The van der Waals surface area contributed by atoms with Crippen LogP contribution in [0.1, 0.15) is 54.9 Å². The van der Waals surface area contributed by atoms with Crippen LogP contribution in [0.2, 0.25) is 0 Å². The van der Waals surface area contributed by atoms with Crippen molar-refractivity contribution in [3.05, 3.63) is 42.5 Å². The van der Waals surface area contributed by atoms with E-state index in [0.29, 0.717) is 31.7 Å². The first kappa shape index (κ1) is 20.0. The highest BCUT2D eigenvalue weighted by Gasteiger charge is 2.28. The lowest BCUT2D eigenvalue weighted by Crippen LogP contribution is -2.39. The molecule has 0 unspecified atom stereocenters. The van der Waals surface area contributed by atoms with Crippen molar-refractivity contribution in [3.63, 3.8) is 0 Å². The second kappa shape index (κ2) is 8.62. The van der Waals surface area contributed by atoms with Crippen LogP contribution in [0, 0.1) is 0 Å². The van der Waals surface area contributed by atoms with Crippen LogP contribution in [0.25, 0.3) is 0 Å². The molecule has 0 bridgehead atoms. The smallest absolute Gasteiger partial charge is 0.253 e. The van der Waals surface area contributed by atoms with Crippen molar-refractivity contribution in [2.75, 3.05) is 26.2 Å². The molecule has 1 aromatic heterocycles. The minimum absolute atomic E-state index is 0.116. The first-order valence-corrected chi connectivity index (χ1v) is 11.7. The molecule has 156 valence electrons. The van der Waals surface area contributed by atoms with Gasteiger partial charge in [-0.2, -0.15) is 9.40 Å². The molecule has 0 N–H and O–H groups in total. The van der Waals surface area contributed by atoms with E-state index in [9.17, 15) is 13.2 Å². The van der Waals surface area contributed by atoms with E-state index in [4.69, 9.17) is 0 Å². The van der Waals surface area contributed by atoms with Gasteiger partial charge in [0.05, 0.1) is 10.9 Å². The maximum absolute atomic E-state index is 13.1. The van der Waals surface area contributed by atoms with Crippen LogP contribution in [0.15, 0.2) is 41.8 Å². The van der Waals surface area contributed by atoms with Gasteiger partial charge in [0.1, 0.15) is 12.7 Å². The molecular formula is C20H27N5O3S. The molecule has 0 atom stereocenters. The second-order valence-electron chi connectivity index (χ2n) is 7.74. The predicted molar refractivity (Wildman–Crippen MR) is 108 cm³/mol. The molecule has 0 radical (unpaired) electrons. The normalized spacial score (nSPS) is 19.8.